The molecule has 12 nitrogen and oxygen atoms in total. The van der Waals surface area contributed by atoms with E-state index in [2.05, 4.69) is 212 Å². The van der Waals surface area contributed by atoms with E-state index in [1.807, 2.05) is 0 Å². The number of aliphatic hydroxyl groups excluding tert-OH is 1. The van der Waals surface area contributed by atoms with Crippen molar-refractivity contribution in [1.29, 1.82) is 0 Å². The van der Waals surface area contributed by atoms with Crippen LogP contribution in [-0.2, 0) is 49.7 Å². The maximum absolute atomic E-state index is 10.6. The van der Waals surface area contributed by atoms with Crippen LogP contribution < -0.4 is 0 Å². The number of thiol groups is 14. The van der Waals surface area contributed by atoms with E-state index < -0.39 is 60.4 Å². The Morgan fingerprint density at radius 2 is 0.600 bits per heavy atom. The van der Waals surface area contributed by atoms with Crippen LogP contribution >= 0.6 is 177 Å². The first-order chi connectivity index (χ1) is 38.2. The largest absolute Gasteiger partial charge is 0.462 e. The lowest BCUT2D eigenvalue weighted by Crippen LogP contribution is -2.67. The number of carbonyl (C=O) groups excluding carboxylic acids is 2. The van der Waals surface area contributed by atoms with Crippen molar-refractivity contribution in [1.82, 2.24) is 0 Å². The molecule has 31 heteroatoms. The van der Waals surface area contributed by atoms with Crippen molar-refractivity contribution in [3.05, 3.63) is 0 Å². The molecule has 1 saturated heterocycles. The number of carbonyl (C=O) groups is 2. The maximum Gasteiger partial charge on any atom is 0.318 e. The fourth-order valence-electron chi connectivity index (χ4n) is 8.17. The summed E-state index contributed by atoms with van der Waals surface area (Å²) in [5, 5.41) is 9.13. The van der Waals surface area contributed by atoms with Crippen molar-refractivity contribution in [2.45, 2.75) is 158 Å². The quantitative estimate of drug-likeness (QED) is 0.0122. The highest BCUT2D eigenvalue weighted by Gasteiger charge is 2.56. The Labute approximate surface area is 570 Å². The normalized spacial score (nSPS) is 19.9. The van der Waals surface area contributed by atoms with Gasteiger partial charge in [0.1, 0.15) is 19.3 Å². The van der Waals surface area contributed by atoms with E-state index in [9.17, 15) is 9.59 Å². The van der Waals surface area contributed by atoms with Crippen molar-refractivity contribution >= 4 is 231 Å². The predicted octanol–water partition coefficient (Wildman–Crippen LogP) is 12.9. The molecule has 0 aromatic heterocycles. The number of unbranched alkanes of at least 4 members (excludes halogenated alkanes) is 7. The molecule has 0 atom stereocenters. The summed E-state index contributed by atoms with van der Waals surface area (Å²) >= 11 is 58.9. The summed E-state index contributed by atoms with van der Waals surface area (Å²) in [6.45, 7) is 12.0. The van der Waals surface area contributed by atoms with Gasteiger partial charge in [-0.15, -0.1) is 0 Å². The molecule has 0 amide bonds. The second-order valence-electron chi connectivity index (χ2n) is 19.5. The van der Waals surface area contributed by atoms with Crippen LogP contribution in [0.25, 0.3) is 0 Å². The van der Waals surface area contributed by atoms with Gasteiger partial charge in [0.05, 0.1) is 59.2 Å². The number of rotatable bonds is 45. The molecule has 0 aromatic carbocycles. The summed E-state index contributed by atoms with van der Waals surface area (Å²) in [5.74, 6) is 9.57. The number of hydrogen-bond acceptors (Lipinski definition) is 26. The summed E-state index contributed by atoms with van der Waals surface area (Å²) in [6.07, 6.45) is 15.1. The monoisotopic (exact) mass is 1480 g/mol. The Hall–Kier alpha value is 4.60. The molecule has 484 valence electrons. The Morgan fingerprint density at radius 1 is 0.362 bits per heavy atom. The summed E-state index contributed by atoms with van der Waals surface area (Å²) in [5.41, 5.74) is 0. The summed E-state index contributed by atoms with van der Waals surface area (Å²) in [4.78, 5) is 21.2. The smallest absolute Gasteiger partial charge is 0.318 e. The summed E-state index contributed by atoms with van der Waals surface area (Å²) < 4.78 is 51.4. The van der Waals surface area contributed by atoms with Crippen LogP contribution in [0.15, 0.2) is 0 Å². The Bertz CT molecular complexity index is 1210. The number of aliphatic hydroxyl groups is 1. The molecule has 0 bridgehead atoms. The van der Waals surface area contributed by atoms with Crippen LogP contribution in [0.5, 0.6) is 0 Å². The molecule has 1 aliphatic heterocycles. The van der Waals surface area contributed by atoms with Gasteiger partial charge < -0.3 is 45.3 Å². The van der Waals surface area contributed by atoms with E-state index in [0.29, 0.717) is 39.6 Å². The van der Waals surface area contributed by atoms with Gasteiger partial charge in [0, 0.05) is 11.5 Å². The van der Waals surface area contributed by atoms with Crippen LogP contribution in [0, 0.1) is 0 Å². The average molecular weight is 1480 g/mol. The van der Waals surface area contributed by atoms with Gasteiger partial charge in [0.15, 0.2) is 0 Å². The van der Waals surface area contributed by atoms with E-state index in [0.717, 1.165) is 93.2 Å². The Morgan fingerprint density at radius 3 is 0.812 bits per heavy atom. The van der Waals surface area contributed by atoms with Gasteiger partial charge in [0.25, 0.3) is 0 Å². The molecule has 1 N–H and O–H groups in total. The highest BCUT2D eigenvalue weighted by molar-refractivity contribution is 7.82. The van der Waals surface area contributed by atoms with E-state index in [4.69, 9.17) is 35.8 Å². The van der Waals surface area contributed by atoms with Crippen LogP contribution in [0.1, 0.15) is 77.0 Å². The summed E-state index contributed by atoms with van der Waals surface area (Å²) in [7, 11) is -10.7. The minimum absolute atomic E-state index is 0.0524. The molecule has 0 spiro atoms. The molecular formula is C49H112O12S14Si5. The lowest BCUT2D eigenvalue weighted by molar-refractivity contribution is -0.148. The number of ether oxygens (including phenoxy) is 5. The lowest BCUT2D eigenvalue weighted by Gasteiger charge is -2.50. The van der Waals surface area contributed by atoms with E-state index in [1.165, 1.54) is 101 Å². The zero-order chi connectivity index (χ0) is 61.3. The first kappa shape index (κ1) is 91.0. The van der Waals surface area contributed by atoms with Gasteiger partial charge in [-0.2, -0.15) is 177 Å². The standard InChI is InChI=1S/C12H32O4S4Si4.C12H28S4Si.C10H22S2.C8H18O3S2.C7H12O5S2/c1-21(9-5-17)13-22(2,10-6-18)15-24(4,12-8-20)16-23(3,14-21)11-7-19;13-5-1-9-17(10-2-6-14,11-3-7-15)12-4-8-16;11-9-7-5-3-1-2-4-6-8-10-12;12-7-5-10-3-1-9-2-4-11-6-8-13;8-5(1-11-6(9)3-13)2-12-7(10)4-14/h17-20H,5-12H2,1-4H3;13-16H,1-12H2;11-12H,1-10H2;12-13H,1-8H2;5,8,13-14H,1-4H2. The molecule has 0 aromatic rings. The molecular weight excluding hydrogens is 1370 g/mol. The van der Waals surface area contributed by atoms with Gasteiger partial charge in [-0.05, 0) is 146 Å². The van der Waals surface area contributed by atoms with Crippen molar-refractivity contribution in [3.8, 4) is 0 Å². The zero-order valence-corrected chi connectivity index (χ0v) is 66.5. The maximum atomic E-state index is 10.6. The molecule has 1 heterocycles. The molecule has 0 aliphatic carbocycles. The van der Waals surface area contributed by atoms with E-state index in [-0.39, 0.29) is 24.7 Å². The minimum Gasteiger partial charge on any atom is -0.462 e. The van der Waals surface area contributed by atoms with Gasteiger partial charge >= 0.3 is 46.2 Å². The molecule has 0 unspecified atom stereocenters. The van der Waals surface area contributed by atoms with Crippen molar-refractivity contribution < 1.29 is 54.8 Å². The molecule has 0 saturated carbocycles. The minimum atomic E-state index is -2.42. The Kier molecular flexibility index (Phi) is 72.5. The third-order valence-corrected chi connectivity index (χ3v) is 41.3. The van der Waals surface area contributed by atoms with Gasteiger partial charge in [-0.3, -0.25) is 9.59 Å². The molecule has 0 radical (unpaired) electrons. The van der Waals surface area contributed by atoms with Crippen LogP contribution in [-0.4, -0.2) is 199 Å². The average Bonchev–Trinajstić information content (AvgIpc) is 3.41. The second-order valence-corrected chi connectivity index (χ2v) is 44.9. The Balaban J connectivity index is -0.000000464. The topological polar surface area (TPSA) is 137 Å². The van der Waals surface area contributed by atoms with Crippen molar-refractivity contribution in [3.63, 3.8) is 0 Å². The fraction of sp³-hybridized carbons (Fsp3) is 0.959. The number of esters is 2. The molecule has 1 fully saturated rings. The van der Waals surface area contributed by atoms with Crippen LogP contribution in [0.2, 0.25) is 74.5 Å². The first-order valence-corrected chi connectivity index (χ1v) is 50.1. The highest BCUT2D eigenvalue weighted by atomic mass is 32.1. The lowest BCUT2D eigenvalue weighted by atomic mass is 10.1. The zero-order valence-electron chi connectivity index (χ0n) is 49.0. The third-order valence-electron chi connectivity index (χ3n) is 11.9. The fourth-order valence-corrected chi connectivity index (χ4v) is 42.6. The van der Waals surface area contributed by atoms with Crippen LogP contribution in [0.4, 0.5) is 0 Å². The summed E-state index contributed by atoms with van der Waals surface area (Å²) in [6, 6.07) is 9.13. The van der Waals surface area contributed by atoms with Crippen molar-refractivity contribution in [2.75, 3.05) is 133 Å². The highest BCUT2D eigenvalue weighted by Crippen LogP contribution is 2.38. The van der Waals surface area contributed by atoms with Crippen LogP contribution in [0.3, 0.4) is 0 Å². The van der Waals surface area contributed by atoms with E-state index >= 15 is 0 Å². The van der Waals surface area contributed by atoms with Gasteiger partial charge in [0.2, 0.25) is 0 Å². The first-order valence-electron chi connectivity index (χ1n) is 28.3. The third kappa shape index (κ3) is 57.7. The van der Waals surface area contributed by atoms with Gasteiger partial charge in [-0.1, -0.05) is 62.7 Å². The SMILES string of the molecule is C[Si]1(CCS)O[Si](C)(CCS)O[Si](C)(CCS)O[Si](C)(CCS)O1.O=C(CS)OCC(O)COC(=O)CS.SCCCCCCCCCCS.SCCC[Si](CCCS)(CCCS)CCCS.SCCOCCOCCOCCS. The van der Waals surface area contributed by atoms with Crippen molar-refractivity contribution in [2.24, 2.45) is 0 Å². The molecule has 1 aliphatic rings. The molecule has 80 heavy (non-hydrogen) atoms. The van der Waals surface area contributed by atoms with Gasteiger partial charge in [-0.25, -0.2) is 0 Å². The molecule has 1 rings (SSSR count). The van der Waals surface area contributed by atoms with E-state index in [1.54, 1.807) is 0 Å². The predicted molar refractivity (Wildman–Crippen MR) is 405 cm³/mol. The number of hydrogen-bond donors (Lipinski definition) is 15. The second kappa shape index (κ2) is 63.7.